The van der Waals surface area contributed by atoms with Gasteiger partial charge in [-0.25, -0.2) is 13.1 Å². The number of rotatable bonds is 9. The van der Waals surface area contributed by atoms with Gasteiger partial charge >= 0.3 is 0 Å². The zero-order valence-corrected chi connectivity index (χ0v) is 19.9. The highest BCUT2D eigenvalue weighted by Crippen LogP contribution is 2.29. The van der Waals surface area contributed by atoms with E-state index in [1.165, 1.54) is 0 Å². The smallest absolute Gasteiger partial charge is 0.242 e. The molecule has 1 aromatic carbocycles. The summed E-state index contributed by atoms with van der Waals surface area (Å²) < 4.78 is 27.6. The summed E-state index contributed by atoms with van der Waals surface area (Å²) in [5.41, 5.74) is 1.89. The molecule has 1 aliphatic rings. The number of pyridine rings is 1. The average molecular weight is 473 g/mol. The standard InChI is InChI=1S/C24H32N4O4S/c1-17-5-11-22(12-6-17)33(31,32)27-16-19-7-9-21(10-8-19)24(30)28-18(2)23(29)26-15-20-4-3-13-25-14-20/h3-6,11-14,18-19,21,27H,7-10,15-16H2,1-2H3,(H,26,29)(H,28,30). The van der Waals surface area contributed by atoms with Crippen LogP contribution in [-0.2, 0) is 26.2 Å². The minimum Gasteiger partial charge on any atom is -0.350 e. The van der Waals surface area contributed by atoms with Crippen molar-refractivity contribution in [1.29, 1.82) is 0 Å². The first-order valence-electron chi connectivity index (χ1n) is 11.3. The molecule has 1 unspecified atom stereocenters. The first kappa shape index (κ1) is 24.9. The molecule has 1 fully saturated rings. The second kappa shape index (κ2) is 11.4. The van der Waals surface area contributed by atoms with Crippen molar-refractivity contribution in [2.45, 2.75) is 57.0 Å². The Balaban J connectivity index is 1.39. The van der Waals surface area contributed by atoms with Gasteiger partial charge in [0.15, 0.2) is 0 Å². The Morgan fingerprint density at radius 1 is 1.09 bits per heavy atom. The quantitative estimate of drug-likeness (QED) is 0.518. The molecule has 9 heteroatoms. The van der Waals surface area contributed by atoms with Crippen molar-refractivity contribution >= 4 is 21.8 Å². The Kier molecular flexibility index (Phi) is 8.57. The highest BCUT2D eigenvalue weighted by molar-refractivity contribution is 7.89. The number of aryl methyl sites for hydroxylation is 1. The summed E-state index contributed by atoms with van der Waals surface area (Å²) in [6, 6.07) is 9.80. The topological polar surface area (TPSA) is 117 Å². The maximum absolute atomic E-state index is 12.6. The summed E-state index contributed by atoms with van der Waals surface area (Å²) in [5.74, 6) is -0.345. The zero-order chi connectivity index (χ0) is 23.8. The number of amides is 2. The van der Waals surface area contributed by atoms with E-state index in [2.05, 4.69) is 20.3 Å². The van der Waals surface area contributed by atoms with E-state index in [0.29, 0.717) is 25.9 Å². The first-order valence-corrected chi connectivity index (χ1v) is 12.8. The number of aromatic nitrogens is 1. The summed E-state index contributed by atoms with van der Waals surface area (Å²) in [6.07, 6.45) is 6.22. The number of hydrogen-bond acceptors (Lipinski definition) is 5. The maximum Gasteiger partial charge on any atom is 0.242 e. The van der Waals surface area contributed by atoms with Gasteiger partial charge < -0.3 is 10.6 Å². The van der Waals surface area contributed by atoms with Crippen LogP contribution in [0.5, 0.6) is 0 Å². The van der Waals surface area contributed by atoms with Crippen molar-refractivity contribution in [2.75, 3.05) is 6.54 Å². The van der Waals surface area contributed by atoms with Crippen molar-refractivity contribution in [3.63, 3.8) is 0 Å². The summed E-state index contributed by atoms with van der Waals surface area (Å²) in [4.78, 5) is 29.2. The van der Waals surface area contributed by atoms with Crippen molar-refractivity contribution in [3.8, 4) is 0 Å². The molecular weight excluding hydrogens is 440 g/mol. The van der Waals surface area contributed by atoms with Gasteiger partial charge in [0.2, 0.25) is 21.8 Å². The van der Waals surface area contributed by atoms with E-state index in [4.69, 9.17) is 0 Å². The molecule has 0 saturated heterocycles. The van der Waals surface area contributed by atoms with E-state index < -0.39 is 16.1 Å². The van der Waals surface area contributed by atoms with Crippen LogP contribution in [0.2, 0.25) is 0 Å². The Hall–Kier alpha value is -2.78. The molecule has 2 aromatic rings. The van der Waals surface area contributed by atoms with Crippen LogP contribution in [0.4, 0.5) is 0 Å². The molecule has 1 atom stereocenters. The normalized spacial score (nSPS) is 19.5. The van der Waals surface area contributed by atoms with Gasteiger partial charge in [-0.15, -0.1) is 0 Å². The predicted octanol–water partition coefficient (Wildman–Crippen LogP) is 2.30. The lowest BCUT2D eigenvalue weighted by atomic mass is 9.81. The van der Waals surface area contributed by atoms with E-state index in [1.54, 1.807) is 49.6 Å². The summed E-state index contributed by atoms with van der Waals surface area (Å²) in [6.45, 7) is 4.30. The molecule has 0 radical (unpaired) electrons. The first-order chi connectivity index (χ1) is 15.7. The number of hydrogen-bond donors (Lipinski definition) is 3. The van der Waals surface area contributed by atoms with E-state index >= 15 is 0 Å². The number of carbonyl (C=O) groups is 2. The van der Waals surface area contributed by atoms with Crippen LogP contribution in [0.25, 0.3) is 0 Å². The molecule has 1 saturated carbocycles. The van der Waals surface area contributed by atoms with Crippen molar-refractivity contribution in [2.24, 2.45) is 11.8 Å². The van der Waals surface area contributed by atoms with Crippen LogP contribution < -0.4 is 15.4 Å². The molecule has 33 heavy (non-hydrogen) atoms. The number of sulfonamides is 1. The molecule has 1 aliphatic carbocycles. The van der Waals surface area contributed by atoms with E-state index in [-0.39, 0.29) is 28.5 Å². The SMILES string of the molecule is Cc1ccc(S(=O)(=O)NCC2CCC(C(=O)NC(C)C(=O)NCc3cccnc3)CC2)cc1. The third kappa shape index (κ3) is 7.36. The molecule has 8 nitrogen and oxygen atoms in total. The monoisotopic (exact) mass is 472 g/mol. The molecule has 178 valence electrons. The highest BCUT2D eigenvalue weighted by Gasteiger charge is 2.29. The second-order valence-electron chi connectivity index (χ2n) is 8.69. The van der Waals surface area contributed by atoms with Crippen LogP contribution in [0.3, 0.4) is 0 Å². The lowest BCUT2D eigenvalue weighted by Crippen LogP contribution is -2.47. The predicted molar refractivity (Wildman–Crippen MR) is 126 cm³/mol. The minimum atomic E-state index is -3.53. The lowest BCUT2D eigenvalue weighted by Gasteiger charge is -2.28. The fraction of sp³-hybridized carbons (Fsp3) is 0.458. The number of nitrogens with one attached hydrogen (secondary N) is 3. The van der Waals surface area contributed by atoms with Crippen molar-refractivity contribution < 1.29 is 18.0 Å². The van der Waals surface area contributed by atoms with E-state index in [1.807, 2.05) is 13.0 Å². The number of nitrogens with zero attached hydrogens (tertiary/aromatic N) is 1. The molecular formula is C24H32N4O4S. The van der Waals surface area contributed by atoms with Gasteiger partial charge in [0.05, 0.1) is 4.90 Å². The van der Waals surface area contributed by atoms with Gasteiger partial charge in [-0.2, -0.15) is 0 Å². The second-order valence-corrected chi connectivity index (χ2v) is 10.5. The third-order valence-electron chi connectivity index (χ3n) is 6.05. The van der Waals surface area contributed by atoms with Gasteiger partial charge in [-0.05, 0) is 69.2 Å². The largest absolute Gasteiger partial charge is 0.350 e. The summed E-state index contributed by atoms with van der Waals surface area (Å²) in [7, 11) is -3.53. The van der Waals surface area contributed by atoms with E-state index in [0.717, 1.165) is 24.0 Å². The highest BCUT2D eigenvalue weighted by atomic mass is 32.2. The Labute approximate surface area is 195 Å². The fourth-order valence-corrected chi connectivity index (χ4v) is 5.01. The molecule has 1 heterocycles. The Bertz CT molecular complexity index is 1030. The van der Waals surface area contributed by atoms with E-state index in [9.17, 15) is 18.0 Å². The average Bonchev–Trinajstić information content (AvgIpc) is 2.82. The third-order valence-corrected chi connectivity index (χ3v) is 7.49. The summed E-state index contributed by atoms with van der Waals surface area (Å²) in [5, 5.41) is 5.61. The van der Waals surface area contributed by atoms with Gasteiger partial charge in [-0.3, -0.25) is 14.6 Å². The fourth-order valence-electron chi connectivity index (χ4n) is 3.90. The molecule has 1 aromatic heterocycles. The van der Waals surface area contributed by atoms with Crippen LogP contribution >= 0.6 is 0 Å². The van der Waals surface area contributed by atoms with Crippen LogP contribution in [-0.4, -0.2) is 37.8 Å². The molecule has 3 rings (SSSR count). The molecule has 0 bridgehead atoms. The summed E-state index contributed by atoms with van der Waals surface area (Å²) >= 11 is 0. The van der Waals surface area contributed by atoms with Crippen LogP contribution in [0, 0.1) is 18.8 Å². The van der Waals surface area contributed by atoms with Crippen molar-refractivity contribution in [1.82, 2.24) is 20.3 Å². The number of carbonyl (C=O) groups excluding carboxylic acids is 2. The Morgan fingerprint density at radius 3 is 2.42 bits per heavy atom. The van der Waals surface area contributed by atoms with Crippen LogP contribution in [0.15, 0.2) is 53.7 Å². The van der Waals surface area contributed by atoms with Gasteiger partial charge in [0.25, 0.3) is 0 Å². The molecule has 3 N–H and O–H groups in total. The van der Waals surface area contributed by atoms with Gasteiger partial charge in [-0.1, -0.05) is 23.8 Å². The minimum absolute atomic E-state index is 0.127. The van der Waals surface area contributed by atoms with Crippen molar-refractivity contribution in [3.05, 3.63) is 59.9 Å². The molecule has 0 aliphatic heterocycles. The van der Waals surface area contributed by atoms with Gasteiger partial charge in [0.1, 0.15) is 6.04 Å². The zero-order valence-electron chi connectivity index (χ0n) is 19.1. The van der Waals surface area contributed by atoms with Gasteiger partial charge in [0, 0.05) is 31.4 Å². The number of benzene rings is 1. The lowest BCUT2D eigenvalue weighted by molar-refractivity contribution is -0.131. The van der Waals surface area contributed by atoms with Crippen LogP contribution in [0.1, 0.15) is 43.7 Å². The maximum atomic E-state index is 12.6. The Morgan fingerprint density at radius 2 is 1.79 bits per heavy atom. The molecule has 0 spiro atoms. The molecule has 2 amide bonds.